The molecule has 0 aliphatic heterocycles. The van der Waals surface area contributed by atoms with Crippen LogP contribution in [0, 0.1) is 5.41 Å². The molecule has 0 rings (SSSR count). The summed E-state index contributed by atoms with van der Waals surface area (Å²) in [6, 6.07) is -0.210. The first-order valence-corrected chi connectivity index (χ1v) is 12.4. The van der Waals surface area contributed by atoms with Crippen molar-refractivity contribution in [2.45, 2.75) is 86.5 Å². The third-order valence-electron chi connectivity index (χ3n) is 5.37. The molecule has 0 aliphatic rings. The third kappa shape index (κ3) is 13.9. The highest BCUT2D eigenvalue weighted by atomic mass is 16.5. The van der Waals surface area contributed by atoms with Crippen LogP contribution in [0.4, 0.5) is 4.79 Å². The van der Waals surface area contributed by atoms with E-state index in [9.17, 15) is 9.59 Å². The van der Waals surface area contributed by atoms with E-state index < -0.39 is 5.41 Å². The van der Waals surface area contributed by atoms with Gasteiger partial charge in [-0.3, -0.25) is 14.6 Å². The number of rotatable bonds is 20. The van der Waals surface area contributed by atoms with Gasteiger partial charge in [0.2, 0.25) is 5.91 Å². The molecule has 8 heteroatoms. The topological polar surface area (TPSA) is 80.3 Å². The third-order valence-corrected chi connectivity index (χ3v) is 5.37. The number of hydrogen-bond acceptors (Lipinski definition) is 5. The molecular formula is C24H49N3O5. The van der Waals surface area contributed by atoms with Crippen LogP contribution in [0.25, 0.3) is 0 Å². The van der Waals surface area contributed by atoms with Crippen LogP contribution in [-0.2, 0) is 19.0 Å². The molecule has 0 aromatic carbocycles. The zero-order valence-corrected chi connectivity index (χ0v) is 21.5. The van der Waals surface area contributed by atoms with E-state index in [1.807, 2.05) is 20.8 Å². The molecule has 0 bridgehead atoms. The molecule has 0 unspecified atom stereocenters. The van der Waals surface area contributed by atoms with Crippen LogP contribution in [0.1, 0.15) is 86.5 Å². The molecule has 0 spiro atoms. The first-order chi connectivity index (χ1) is 15.3. The molecule has 0 aromatic heterocycles. The van der Waals surface area contributed by atoms with E-state index in [0.29, 0.717) is 32.9 Å². The van der Waals surface area contributed by atoms with Gasteiger partial charge in [0.1, 0.15) is 20.2 Å². The number of carbonyl (C=O) groups is 2. The molecule has 0 saturated carbocycles. The van der Waals surface area contributed by atoms with Gasteiger partial charge in [0.15, 0.2) is 0 Å². The first kappa shape index (κ1) is 30.6. The number of ether oxygens (including phenoxy) is 3. The summed E-state index contributed by atoms with van der Waals surface area (Å²) in [6.07, 6.45) is 6.67. The maximum absolute atomic E-state index is 13.3. The Hall–Kier alpha value is -1.38. The van der Waals surface area contributed by atoms with Gasteiger partial charge in [-0.05, 0) is 25.7 Å². The standard InChI is InChI=1S/C24H49N3O5/c1-7-11-16-30-19-26(15-14-25-22(28)24(5,6)10-4)23(29)27(20-31-17-12-8-2)21-32-18-13-9-3/h7-21H2,1-6H3,(H,25,28). The van der Waals surface area contributed by atoms with Crippen molar-refractivity contribution >= 4 is 11.9 Å². The summed E-state index contributed by atoms with van der Waals surface area (Å²) < 4.78 is 17.1. The molecule has 0 aliphatic carbocycles. The molecular weight excluding hydrogens is 410 g/mol. The highest BCUT2D eigenvalue weighted by molar-refractivity contribution is 5.81. The van der Waals surface area contributed by atoms with E-state index in [-0.39, 0.29) is 32.1 Å². The molecule has 0 heterocycles. The summed E-state index contributed by atoms with van der Waals surface area (Å²) in [7, 11) is 0. The fourth-order valence-corrected chi connectivity index (χ4v) is 2.53. The minimum Gasteiger partial charge on any atom is -0.361 e. The van der Waals surface area contributed by atoms with Crippen LogP contribution in [0.3, 0.4) is 0 Å². The van der Waals surface area contributed by atoms with Gasteiger partial charge in [0.05, 0.1) is 0 Å². The predicted molar refractivity (Wildman–Crippen MR) is 128 cm³/mol. The van der Waals surface area contributed by atoms with Crippen molar-refractivity contribution in [2.24, 2.45) is 5.41 Å². The maximum Gasteiger partial charge on any atom is 0.325 e. The van der Waals surface area contributed by atoms with E-state index in [1.165, 1.54) is 0 Å². The molecule has 0 fully saturated rings. The Morgan fingerprint density at radius 2 is 1.19 bits per heavy atom. The van der Waals surface area contributed by atoms with Crippen LogP contribution in [0.5, 0.6) is 0 Å². The minimum absolute atomic E-state index is 0.0121. The highest BCUT2D eigenvalue weighted by Crippen LogP contribution is 2.19. The Morgan fingerprint density at radius 3 is 1.59 bits per heavy atom. The smallest absolute Gasteiger partial charge is 0.325 e. The summed E-state index contributed by atoms with van der Waals surface area (Å²) in [5.41, 5.74) is -0.432. The van der Waals surface area contributed by atoms with E-state index in [2.05, 4.69) is 26.1 Å². The SMILES string of the molecule is CCCCOCN(CCNC(=O)C(C)(C)CC)C(=O)N(COCCCC)COCCCC. The lowest BCUT2D eigenvalue weighted by Crippen LogP contribution is -2.49. The first-order valence-electron chi connectivity index (χ1n) is 12.4. The Kier molecular flexibility index (Phi) is 18.3. The molecule has 8 nitrogen and oxygen atoms in total. The fourth-order valence-electron chi connectivity index (χ4n) is 2.53. The van der Waals surface area contributed by atoms with Gasteiger partial charge in [-0.15, -0.1) is 0 Å². The van der Waals surface area contributed by atoms with Crippen LogP contribution in [-0.4, -0.2) is 74.8 Å². The summed E-state index contributed by atoms with van der Waals surface area (Å²) in [5, 5.41) is 2.95. The Bertz CT molecular complexity index is 476. The van der Waals surface area contributed by atoms with E-state index >= 15 is 0 Å². The van der Waals surface area contributed by atoms with Crippen molar-refractivity contribution in [3.63, 3.8) is 0 Å². The number of urea groups is 1. The highest BCUT2D eigenvalue weighted by Gasteiger charge is 2.26. The number of amides is 3. The van der Waals surface area contributed by atoms with Gasteiger partial charge < -0.3 is 19.5 Å². The van der Waals surface area contributed by atoms with Gasteiger partial charge in [0.25, 0.3) is 0 Å². The molecule has 0 radical (unpaired) electrons. The van der Waals surface area contributed by atoms with Gasteiger partial charge in [0, 0.05) is 38.3 Å². The zero-order valence-electron chi connectivity index (χ0n) is 21.5. The predicted octanol–water partition coefficient (Wildman–Crippen LogP) is 4.59. The molecule has 0 saturated heterocycles. The van der Waals surface area contributed by atoms with Crippen molar-refractivity contribution in [1.82, 2.24) is 15.1 Å². The molecule has 0 aromatic rings. The average molecular weight is 460 g/mol. The van der Waals surface area contributed by atoms with Crippen molar-refractivity contribution in [3.05, 3.63) is 0 Å². The van der Waals surface area contributed by atoms with Gasteiger partial charge in [-0.2, -0.15) is 0 Å². The number of nitrogens with one attached hydrogen (secondary N) is 1. The maximum atomic E-state index is 13.3. The lowest BCUT2D eigenvalue weighted by molar-refractivity contribution is -0.129. The van der Waals surface area contributed by atoms with Gasteiger partial charge in [-0.25, -0.2) is 4.79 Å². The normalized spacial score (nSPS) is 11.4. The van der Waals surface area contributed by atoms with Crippen molar-refractivity contribution < 1.29 is 23.8 Å². The Labute approximate surface area is 196 Å². The number of carbonyl (C=O) groups excluding carboxylic acids is 2. The second-order valence-electron chi connectivity index (χ2n) is 8.75. The Balaban J connectivity index is 5.02. The molecule has 32 heavy (non-hydrogen) atoms. The second-order valence-corrected chi connectivity index (χ2v) is 8.75. The van der Waals surface area contributed by atoms with Gasteiger partial charge in [-0.1, -0.05) is 60.8 Å². The van der Waals surface area contributed by atoms with E-state index in [1.54, 1.807) is 9.80 Å². The zero-order chi connectivity index (χ0) is 24.2. The van der Waals surface area contributed by atoms with E-state index in [4.69, 9.17) is 14.2 Å². The van der Waals surface area contributed by atoms with Crippen LogP contribution in [0.15, 0.2) is 0 Å². The summed E-state index contributed by atoms with van der Waals surface area (Å²) in [4.78, 5) is 28.8. The lowest BCUT2D eigenvalue weighted by Gasteiger charge is -2.31. The monoisotopic (exact) mass is 459 g/mol. The van der Waals surface area contributed by atoms with Gasteiger partial charge >= 0.3 is 6.03 Å². The molecule has 190 valence electrons. The summed E-state index contributed by atoms with van der Waals surface area (Å²) >= 11 is 0. The van der Waals surface area contributed by atoms with Crippen molar-refractivity contribution in [1.29, 1.82) is 0 Å². The largest absolute Gasteiger partial charge is 0.361 e. The summed E-state index contributed by atoms with van der Waals surface area (Å²) in [5.74, 6) is -0.0121. The van der Waals surface area contributed by atoms with Crippen LogP contribution in [0.2, 0.25) is 0 Å². The quantitative estimate of drug-likeness (QED) is 0.213. The van der Waals surface area contributed by atoms with Crippen LogP contribution >= 0.6 is 0 Å². The summed E-state index contributed by atoms with van der Waals surface area (Å²) in [6.45, 7) is 15.2. The lowest BCUT2D eigenvalue weighted by atomic mass is 9.89. The molecule has 3 amide bonds. The Morgan fingerprint density at radius 1 is 0.750 bits per heavy atom. The van der Waals surface area contributed by atoms with Crippen molar-refractivity contribution in [3.8, 4) is 0 Å². The van der Waals surface area contributed by atoms with Crippen molar-refractivity contribution in [2.75, 3.05) is 53.1 Å². The fraction of sp³-hybridized carbons (Fsp3) is 0.917. The number of hydrogen-bond donors (Lipinski definition) is 1. The molecule has 0 atom stereocenters. The van der Waals surface area contributed by atoms with Crippen LogP contribution < -0.4 is 5.32 Å². The molecule has 1 N–H and O–H groups in total. The van der Waals surface area contributed by atoms with E-state index in [0.717, 1.165) is 44.9 Å². The minimum atomic E-state index is -0.432. The second kappa shape index (κ2) is 19.1. The number of unbranched alkanes of at least 4 members (excludes halogenated alkanes) is 3. The average Bonchev–Trinajstić information content (AvgIpc) is 2.78. The number of nitrogens with zero attached hydrogens (tertiary/aromatic N) is 2.